The van der Waals surface area contributed by atoms with Crippen molar-refractivity contribution in [3.8, 4) is 11.5 Å². The van der Waals surface area contributed by atoms with E-state index in [1.807, 2.05) is 30.5 Å². The molecule has 3 aromatic carbocycles. The highest BCUT2D eigenvalue weighted by Gasteiger charge is 2.70. The van der Waals surface area contributed by atoms with Crippen molar-refractivity contribution in [3.05, 3.63) is 83.0 Å². The van der Waals surface area contributed by atoms with E-state index in [-0.39, 0.29) is 12.7 Å². The molecule has 2 unspecified atom stereocenters. The number of hydrogen-bond acceptors (Lipinski definition) is 6. The van der Waals surface area contributed by atoms with E-state index in [9.17, 15) is 14.4 Å². The van der Waals surface area contributed by atoms with Crippen molar-refractivity contribution in [2.75, 3.05) is 17.0 Å². The minimum absolute atomic E-state index is 0.0728. The predicted octanol–water partition coefficient (Wildman–Crippen LogP) is 3.72. The lowest BCUT2D eigenvalue weighted by Crippen LogP contribution is -2.53. The van der Waals surface area contributed by atoms with Crippen molar-refractivity contribution >= 4 is 51.6 Å². The van der Waals surface area contributed by atoms with Gasteiger partial charge in [0, 0.05) is 34.8 Å². The maximum absolute atomic E-state index is 14.2. The molecule has 0 saturated carbocycles. The van der Waals surface area contributed by atoms with Crippen LogP contribution in [0.3, 0.4) is 0 Å². The number of nitrogens with zero attached hydrogens (tertiary/aromatic N) is 1. The molecule has 8 rings (SSSR count). The zero-order valence-electron chi connectivity index (χ0n) is 20.4. The van der Waals surface area contributed by atoms with Gasteiger partial charge in [-0.1, -0.05) is 41.9 Å². The molecule has 2 fully saturated rings. The summed E-state index contributed by atoms with van der Waals surface area (Å²) in [6, 6.07) is 17.6. The van der Waals surface area contributed by atoms with E-state index in [1.54, 1.807) is 36.4 Å². The fourth-order valence-corrected chi connectivity index (χ4v) is 7.01. The van der Waals surface area contributed by atoms with E-state index in [0.717, 1.165) is 16.5 Å². The second-order valence-electron chi connectivity index (χ2n) is 10.3. The van der Waals surface area contributed by atoms with Crippen molar-refractivity contribution in [2.45, 2.75) is 18.0 Å². The standard InChI is InChI=1S/C29H21ClN4O5/c30-18-6-3-5-17-25(18)32-28(37)29(17)24-23(20(33-29)10-14-12-31-19-7-2-1-4-16(14)19)26(35)34(27(24)36)15-8-9-21-22(11-15)39-13-38-21/h1-9,11-12,20,23-24,31,33H,10,13H2,(H,32,37)/t20?,23-,24+,29?/m1/s1. The van der Waals surface area contributed by atoms with E-state index in [0.29, 0.717) is 39.9 Å². The van der Waals surface area contributed by atoms with Crippen LogP contribution in [0.2, 0.25) is 5.02 Å². The van der Waals surface area contributed by atoms with Gasteiger partial charge in [-0.25, -0.2) is 4.90 Å². The van der Waals surface area contributed by atoms with E-state index in [4.69, 9.17) is 21.1 Å². The number of para-hydroxylation sites is 2. The zero-order chi connectivity index (χ0) is 26.5. The summed E-state index contributed by atoms with van der Waals surface area (Å²) < 4.78 is 10.9. The van der Waals surface area contributed by atoms with Gasteiger partial charge in [0.2, 0.25) is 24.5 Å². The molecule has 1 aromatic heterocycles. The molecule has 194 valence electrons. The summed E-state index contributed by atoms with van der Waals surface area (Å²) in [5.41, 5.74) is 1.94. The minimum Gasteiger partial charge on any atom is -0.454 e. The third-order valence-electron chi connectivity index (χ3n) is 8.43. The minimum atomic E-state index is -1.44. The lowest BCUT2D eigenvalue weighted by Gasteiger charge is -2.29. The second-order valence-corrected chi connectivity index (χ2v) is 10.7. The lowest BCUT2D eigenvalue weighted by atomic mass is 9.76. The number of aromatic amines is 1. The van der Waals surface area contributed by atoms with E-state index in [2.05, 4.69) is 15.6 Å². The van der Waals surface area contributed by atoms with Crippen molar-refractivity contribution in [1.29, 1.82) is 0 Å². The van der Waals surface area contributed by atoms with Crippen molar-refractivity contribution in [2.24, 2.45) is 11.8 Å². The molecule has 4 aliphatic rings. The van der Waals surface area contributed by atoms with Crippen molar-refractivity contribution in [3.63, 3.8) is 0 Å². The Bertz CT molecular complexity index is 1750. The number of anilines is 2. The van der Waals surface area contributed by atoms with E-state index in [1.165, 1.54) is 4.90 Å². The molecule has 5 heterocycles. The molecule has 39 heavy (non-hydrogen) atoms. The fraction of sp³-hybridized carbons (Fsp3) is 0.207. The number of H-pyrrole nitrogens is 1. The number of amides is 3. The Labute approximate surface area is 227 Å². The smallest absolute Gasteiger partial charge is 0.250 e. The number of ether oxygens (including phenoxy) is 2. The first-order valence-electron chi connectivity index (χ1n) is 12.7. The van der Waals surface area contributed by atoms with Gasteiger partial charge < -0.3 is 19.8 Å². The topological polar surface area (TPSA) is 113 Å². The maximum atomic E-state index is 14.2. The number of fused-ring (bicyclic) bond motifs is 6. The number of imide groups is 1. The average Bonchev–Trinajstić information content (AvgIpc) is 3.73. The van der Waals surface area contributed by atoms with Gasteiger partial charge >= 0.3 is 0 Å². The summed E-state index contributed by atoms with van der Waals surface area (Å²) in [4.78, 5) is 46.7. The zero-order valence-corrected chi connectivity index (χ0v) is 21.1. The summed E-state index contributed by atoms with van der Waals surface area (Å²) in [6.45, 7) is 0.0728. The van der Waals surface area contributed by atoms with Gasteiger partial charge in [0.05, 0.1) is 28.2 Å². The third-order valence-corrected chi connectivity index (χ3v) is 8.74. The highest BCUT2D eigenvalue weighted by molar-refractivity contribution is 6.35. The van der Waals surface area contributed by atoms with Gasteiger partial charge in [-0.05, 0) is 36.2 Å². The predicted molar refractivity (Wildman–Crippen MR) is 143 cm³/mol. The molecule has 9 nitrogen and oxygen atoms in total. The SMILES string of the molecule is O=C1[C@@H]2C(Cc3c[nH]c4ccccc34)NC3(C(=O)Nc4c(Cl)cccc43)[C@@H]2C(=O)N1c1ccc2c(c1)OCO2. The first kappa shape index (κ1) is 22.6. The summed E-state index contributed by atoms with van der Waals surface area (Å²) in [6.07, 6.45) is 2.35. The van der Waals surface area contributed by atoms with Crippen LogP contribution in [-0.4, -0.2) is 35.5 Å². The Morgan fingerprint density at radius 3 is 2.72 bits per heavy atom. The van der Waals surface area contributed by atoms with Crippen molar-refractivity contribution in [1.82, 2.24) is 10.3 Å². The Balaban J connectivity index is 1.28. The monoisotopic (exact) mass is 540 g/mol. The Hall–Kier alpha value is -4.34. The third kappa shape index (κ3) is 2.91. The number of carbonyl (C=O) groups is 3. The first-order valence-corrected chi connectivity index (χ1v) is 13.1. The van der Waals surface area contributed by atoms with Crippen LogP contribution in [0.15, 0.2) is 66.9 Å². The van der Waals surface area contributed by atoms with Gasteiger partial charge in [-0.15, -0.1) is 0 Å². The molecule has 3 amide bonds. The molecule has 4 atom stereocenters. The maximum Gasteiger partial charge on any atom is 0.250 e. The van der Waals surface area contributed by atoms with E-state index >= 15 is 0 Å². The second kappa shape index (κ2) is 7.84. The van der Waals surface area contributed by atoms with Crippen LogP contribution >= 0.6 is 11.6 Å². The summed E-state index contributed by atoms with van der Waals surface area (Å²) >= 11 is 6.47. The van der Waals surface area contributed by atoms with Crippen molar-refractivity contribution < 1.29 is 23.9 Å². The number of carbonyl (C=O) groups excluding carboxylic acids is 3. The van der Waals surface area contributed by atoms with Gasteiger partial charge in [0.15, 0.2) is 11.5 Å². The van der Waals surface area contributed by atoms with Crippen LogP contribution in [0, 0.1) is 11.8 Å². The summed E-state index contributed by atoms with van der Waals surface area (Å²) in [5.74, 6) is -1.94. The molecular formula is C29H21ClN4O5. The average molecular weight is 541 g/mol. The normalized spacial score (nSPS) is 26.5. The lowest BCUT2D eigenvalue weighted by molar-refractivity contribution is -0.130. The largest absolute Gasteiger partial charge is 0.454 e. The number of halogens is 1. The Morgan fingerprint density at radius 1 is 0.974 bits per heavy atom. The first-order chi connectivity index (χ1) is 19.0. The highest BCUT2D eigenvalue weighted by Crippen LogP contribution is 2.55. The highest BCUT2D eigenvalue weighted by atomic mass is 35.5. The number of benzene rings is 3. The molecule has 4 aromatic rings. The summed E-state index contributed by atoms with van der Waals surface area (Å²) in [5, 5.41) is 7.77. The van der Waals surface area contributed by atoms with Crippen LogP contribution in [0.25, 0.3) is 10.9 Å². The molecule has 0 aliphatic carbocycles. The quantitative estimate of drug-likeness (QED) is 0.341. The molecule has 2 saturated heterocycles. The number of aromatic nitrogens is 1. The number of hydrogen-bond donors (Lipinski definition) is 3. The molecule has 0 radical (unpaired) electrons. The number of nitrogens with one attached hydrogen (secondary N) is 3. The molecule has 10 heteroatoms. The molecule has 1 spiro atoms. The Kier molecular flexibility index (Phi) is 4.55. The molecular weight excluding hydrogens is 520 g/mol. The molecule has 3 N–H and O–H groups in total. The number of rotatable bonds is 3. The molecule has 0 bridgehead atoms. The van der Waals surface area contributed by atoms with Gasteiger partial charge in [-0.2, -0.15) is 0 Å². The molecule has 4 aliphatic heterocycles. The van der Waals surface area contributed by atoms with Gasteiger partial charge in [0.1, 0.15) is 5.54 Å². The van der Waals surface area contributed by atoms with Gasteiger partial charge in [-0.3, -0.25) is 19.7 Å². The van der Waals surface area contributed by atoms with E-state index < -0.39 is 35.2 Å². The van der Waals surface area contributed by atoms with Crippen LogP contribution in [0.4, 0.5) is 11.4 Å². The summed E-state index contributed by atoms with van der Waals surface area (Å²) in [7, 11) is 0. The van der Waals surface area contributed by atoms with Crippen LogP contribution in [0.1, 0.15) is 11.1 Å². The Morgan fingerprint density at radius 2 is 1.82 bits per heavy atom. The van der Waals surface area contributed by atoms with Gasteiger partial charge in [0.25, 0.3) is 0 Å². The fourth-order valence-electron chi connectivity index (χ4n) is 6.78. The van der Waals surface area contributed by atoms with Crippen LogP contribution in [0.5, 0.6) is 11.5 Å². The van der Waals surface area contributed by atoms with Crippen LogP contribution < -0.4 is 25.0 Å². The van der Waals surface area contributed by atoms with Crippen LogP contribution in [-0.2, 0) is 26.3 Å².